The van der Waals surface area contributed by atoms with Crippen LogP contribution in [0.5, 0.6) is 0 Å². The maximum absolute atomic E-state index is 12.9. The van der Waals surface area contributed by atoms with Gasteiger partial charge in [0.05, 0.1) is 17.5 Å². The maximum Gasteiger partial charge on any atom is 0.253 e. The molecular weight excluding hydrogens is 390 g/mol. The van der Waals surface area contributed by atoms with Crippen LogP contribution in [-0.4, -0.2) is 69.3 Å². The Morgan fingerprint density at radius 2 is 1.94 bits per heavy atom. The maximum atomic E-state index is 12.9. The van der Waals surface area contributed by atoms with Crippen LogP contribution in [0.25, 0.3) is 11.0 Å². The number of nitrogens with zero attached hydrogens (tertiary/aromatic N) is 6. The van der Waals surface area contributed by atoms with E-state index in [0.29, 0.717) is 5.56 Å². The minimum Gasteiger partial charge on any atom is -0.354 e. The highest BCUT2D eigenvalue weighted by Crippen LogP contribution is 2.19. The van der Waals surface area contributed by atoms with Crippen LogP contribution in [0.3, 0.4) is 0 Å². The number of fused-ring (bicyclic) bond motifs is 1. The highest BCUT2D eigenvalue weighted by Gasteiger charge is 2.21. The fraction of sp³-hybridized carbons (Fsp3) is 0.478. The Morgan fingerprint density at radius 1 is 1.16 bits per heavy atom. The quantitative estimate of drug-likeness (QED) is 0.659. The topological polar surface area (TPSA) is 79.2 Å². The molecule has 4 heterocycles. The summed E-state index contributed by atoms with van der Waals surface area (Å²) in [6.45, 7) is 12.7. The van der Waals surface area contributed by atoms with Gasteiger partial charge in [-0.15, -0.1) is 0 Å². The Balaban J connectivity index is 1.34. The molecule has 8 nitrogen and oxygen atoms in total. The molecule has 1 aliphatic heterocycles. The number of pyridine rings is 2. The van der Waals surface area contributed by atoms with Crippen LogP contribution in [-0.2, 0) is 0 Å². The first kappa shape index (κ1) is 21.2. The van der Waals surface area contributed by atoms with Gasteiger partial charge in [0, 0.05) is 56.4 Å². The zero-order chi connectivity index (χ0) is 22.0. The molecule has 1 amide bonds. The first-order valence-electron chi connectivity index (χ1n) is 11.0. The van der Waals surface area contributed by atoms with Crippen molar-refractivity contribution < 1.29 is 4.79 Å². The van der Waals surface area contributed by atoms with Crippen LogP contribution in [0.15, 0.2) is 36.7 Å². The lowest BCUT2D eigenvalue weighted by molar-refractivity contribution is 0.0927. The van der Waals surface area contributed by atoms with Gasteiger partial charge >= 0.3 is 0 Å². The summed E-state index contributed by atoms with van der Waals surface area (Å²) in [5, 5.41) is 8.45. The third kappa shape index (κ3) is 4.69. The van der Waals surface area contributed by atoms with E-state index in [2.05, 4.69) is 57.0 Å². The molecule has 3 aromatic heterocycles. The molecule has 0 saturated carbocycles. The fourth-order valence-electron chi connectivity index (χ4n) is 4.11. The Kier molecular flexibility index (Phi) is 6.18. The smallest absolute Gasteiger partial charge is 0.253 e. The second kappa shape index (κ2) is 9.01. The molecule has 1 aliphatic rings. The average molecular weight is 422 g/mol. The van der Waals surface area contributed by atoms with Gasteiger partial charge in [-0.1, -0.05) is 6.07 Å². The number of aryl methyl sites for hydroxylation is 1. The van der Waals surface area contributed by atoms with E-state index in [1.54, 1.807) is 6.20 Å². The van der Waals surface area contributed by atoms with E-state index in [1.807, 2.05) is 36.0 Å². The zero-order valence-electron chi connectivity index (χ0n) is 18.7. The van der Waals surface area contributed by atoms with Crippen molar-refractivity contribution >= 4 is 22.8 Å². The van der Waals surface area contributed by atoms with E-state index >= 15 is 0 Å². The molecule has 1 saturated heterocycles. The van der Waals surface area contributed by atoms with Crippen molar-refractivity contribution in [1.82, 2.24) is 30.0 Å². The van der Waals surface area contributed by atoms with E-state index in [1.165, 1.54) is 0 Å². The third-order valence-corrected chi connectivity index (χ3v) is 5.75. The Bertz CT molecular complexity index is 1040. The van der Waals surface area contributed by atoms with E-state index in [0.717, 1.165) is 55.3 Å². The molecule has 0 aromatic carbocycles. The summed E-state index contributed by atoms with van der Waals surface area (Å²) in [4.78, 5) is 26.7. The number of nitrogens with one attached hydrogen (secondary N) is 1. The monoisotopic (exact) mass is 421 g/mol. The molecule has 0 bridgehead atoms. The van der Waals surface area contributed by atoms with Crippen LogP contribution >= 0.6 is 0 Å². The molecule has 0 spiro atoms. The molecule has 164 valence electrons. The van der Waals surface area contributed by atoms with Gasteiger partial charge in [0.1, 0.15) is 5.82 Å². The molecule has 0 radical (unpaired) electrons. The fourth-order valence-corrected chi connectivity index (χ4v) is 4.11. The number of rotatable bonds is 6. The van der Waals surface area contributed by atoms with Crippen LogP contribution in [0.2, 0.25) is 0 Å². The summed E-state index contributed by atoms with van der Waals surface area (Å²) < 4.78 is 1.89. The molecule has 4 rings (SSSR count). The van der Waals surface area contributed by atoms with Crippen molar-refractivity contribution in [2.24, 2.45) is 0 Å². The minimum absolute atomic E-state index is 0.0439. The summed E-state index contributed by atoms with van der Waals surface area (Å²) in [6, 6.07) is 8.18. The second-order valence-corrected chi connectivity index (χ2v) is 8.57. The van der Waals surface area contributed by atoms with Crippen LogP contribution in [0, 0.1) is 6.92 Å². The number of carbonyl (C=O) groups is 1. The number of carbonyl (C=O) groups excluding carboxylic acids is 1. The van der Waals surface area contributed by atoms with Gasteiger partial charge in [-0.2, -0.15) is 5.10 Å². The molecule has 1 N–H and O–H groups in total. The first-order valence-corrected chi connectivity index (χ1v) is 11.0. The standard InChI is InChI=1S/C23H31N7O/c1-16(2)30-22-19(14-25-30)13-20(18(4)27-22)23(31)26-17(3)15-28-9-11-29(12-10-28)21-7-5-6-8-24-21/h5-8,13-14,16-17H,9-12,15H2,1-4H3,(H,26,31). The van der Waals surface area contributed by atoms with E-state index in [9.17, 15) is 4.79 Å². The van der Waals surface area contributed by atoms with Gasteiger partial charge < -0.3 is 10.2 Å². The number of amides is 1. The number of hydrogen-bond acceptors (Lipinski definition) is 6. The molecular formula is C23H31N7O. The summed E-state index contributed by atoms with van der Waals surface area (Å²) in [5.74, 6) is 0.950. The summed E-state index contributed by atoms with van der Waals surface area (Å²) in [7, 11) is 0. The predicted molar refractivity (Wildman–Crippen MR) is 122 cm³/mol. The largest absolute Gasteiger partial charge is 0.354 e. The zero-order valence-corrected chi connectivity index (χ0v) is 18.7. The molecule has 1 atom stereocenters. The molecule has 1 fully saturated rings. The molecule has 8 heteroatoms. The highest BCUT2D eigenvalue weighted by atomic mass is 16.1. The van der Waals surface area contributed by atoms with Crippen molar-refractivity contribution in [1.29, 1.82) is 0 Å². The van der Waals surface area contributed by atoms with Gasteiger partial charge in [-0.05, 0) is 45.9 Å². The Hall–Kier alpha value is -3.00. The average Bonchev–Trinajstić information content (AvgIpc) is 3.17. The van der Waals surface area contributed by atoms with Crippen molar-refractivity contribution in [3.63, 3.8) is 0 Å². The van der Waals surface area contributed by atoms with Gasteiger partial charge in [0.2, 0.25) is 0 Å². The summed E-state index contributed by atoms with van der Waals surface area (Å²) >= 11 is 0. The van der Waals surface area contributed by atoms with E-state index in [-0.39, 0.29) is 18.0 Å². The Labute approximate surface area is 183 Å². The second-order valence-electron chi connectivity index (χ2n) is 8.57. The number of piperazine rings is 1. The minimum atomic E-state index is -0.0798. The SMILES string of the molecule is Cc1nc2c(cnn2C(C)C)cc1C(=O)NC(C)CN1CCN(c2ccccn2)CC1. The molecule has 1 unspecified atom stereocenters. The van der Waals surface area contributed by atoms with Gasteiger partial charge in [0.15, 0.2) is 5.65 Å². The highest BCUT2D eigenvalue weighted by molar-refractivity contribution is 5.98. The summed E-state index contributed by atoms with van der Waals surface area (Å²) in [6.07, 6.45) is 3.62. The van der Waals surface area contributed by atoms with Crippen molar-refractivity contribution in [2.45, 2.75) is 39.8 Å². The van der Waals surface area contributed by atoms with Crippen molar-refractivity contribution in [3.8, 4) is 0 Å². The number of hydrogen-bond donors (Lipinski definition) is 1. The van der Waals surface area contributed by atoms with Crippen LogP contribution in [0.4, 0.5) is 5.82 Å². The van der Waals surface area contributed by atoms with E-state index < -0.39 is 0 Å². The van der Waals surface area contributed by atoms with Crippen LogP contribution < -0.4 is 10.2 Å². The molecule has 3 aromatic rings. The third-order valence-electron chi connectivity index (χ3n) is 5.75. The van der Waals surface area contributed by atoms with Crippen molar-refractivity contribution in [2.75, 3.05) is 37.6 Å². The molecule has 31 heavy (non-hydrogen) atoms. The normalized spacial score (nSPS) is 16.1. The van der Waals surface area contributed by atoms with Gasteiger partial charge in [-0.25, -0.2) is 14.6 Å². The number of anilines is 1. The lowest BCUT2D eigenvalue weighted by atomic mass is 10.1. The Morgan fingerprint density at radius 3 is 2.61 bits per heavy atom. The first-order chi connectivity index (χ1) is 14.9. The molecule has 0 aliphatic carbocycles. The lowest BCUT2D eigenvalue weighted by Gasteiger charge is -2.36. The number of aromatic nitrogens is 4. The van der Waals surface area contributed by atoms with Crippen molar-refractivity contribution in [3.05, 3.63) is 47.9 Å². The lowest BCUT2D eigenvalue weighted by Crippen LogP contribution is -2.51. The predicted octanol–water partition coefficient (Wildman–Crippen LogP) is 2.66. The van der Waals surface area contributed by atoms with Gasteiger partial charge in [0.25, 0.3) is 5.91 Å². The van der Waals surface area contributed by atoms with Gasteiger partial charge in [-0.3, -0.25) is 9.69 Å². The van der Waals surface area contributed by atoms with Crippen LogP contribution in [0.1, 0.15) is 42.9 Å². The van der Waals surface area contributed by atoms with E-state index in [4.69, 9.17) is 0 Å². The summed E-state index contributed by atoms with van der Waals surface area (Å²) in [5.41, 5.74) is 2.16.